The number of rotatable bonds is 7. The van der Waals surface area contributed by atoms with Crippen molar-refractivity contribution in [2.24, 2.45) is 0 Å². The number of anilines is 1. The Labute approximate surface area is 102 Å². The fourth-order valence-electron chi connectivity index (χ4n) is 1.44. The lowest BCUT2D eigenvalue weighted by Crippen LogP contribution is -2.14. The largest absolute Gasteiger partial charge is 0.398 e. The fraction of sp³-hybridized carbons (Fsp3) is 0.538. The maximum absolute atomic E-state index is 9.86. The summed E-state index contributed by atoms with van der Waals surface area (Å²) in [5.74, 6) is 0. The third-order valence-corrected chi connectivity index (χ3v) is 2.31. The molecule has 0 amide bonds. The molecule has 1 aromatic carbocycles. The molecule has 1 aromatic rings. The van der Waals surface area contributed by atoms with Crippen molar-refractivity contribution in [3.8, 4) is 0 Å². The first-order chi connectivity index (χ1) is 8.11. The van der Waals surface area contributed by atoms with Gasteiger partial charge < -0.3 is 20.3 Å². The topological polar surface area (TPSA) is 64.7 Å². The summed E-state index contributed by atoms with van der Waals surface area (Å²) < 4.78 is 10.6. The molecule has 17 heavy (non-hydrogen) atoms. The minimum Gasteiger partial charge on any atom is -0.398 e. The van der Waals surface area contributed by atoms with E-state index in [-0.39, 0.29) is 12.7 Å². The van der Waals surface area contributed by atoms with Crippen LogP contribution in [-0.2, 0) is 9.47 Å². The number of para-hydroxylation sites is 1. The van der Waals surface area contributed by atoms with E-state index in [2.05, 4.69) is 0 Å². The molecule has 0 fully saturated rings. The minimum absolute atomic E-state index is 0.202. The van der Waals surface area contributed by atoms with Gasteiger partial charge in [-0.3, -0.25) is 0 Å². The van der Waals surface area contributed by atoms with Crippen LogP contribution in [0.5, 0.6) is 0 Å². The number of nitrogen functional groups attached to an aromatic ring is 1. The van der Waals surface area contributed by atoms with Crippen LogP contribution in [0.15, 0.2) is 24.3 Å². The maximum Gasteiger partial charge on any atom is 0.104 e. The number of hydrogen-bond acceptors (Lipinski definition) is 4. The van der Waals surface area contributed by atoms with E-state index in [0.717, 1.165) is 0 Å². The number of aliphatic hydroxyl groups is 1. The molecule has 4 nitrogen and oxygen atoms in total. The van der Waals surface area contributed by atoms with Gasteiger partial charge in [-0.2, -0.15) is 0 Å². The van der Waals surface area contributed by atoms with Crippen LogP contribution in [0.25, 0.3) is 0 Å². The Morgan fingerprint density at radius 2 is 1.94 bits per heavy atom. The molecule has 1 atom stereocenters. The van der Waals surface area contributed by atoms with E-state index < -0.39 is 6.10 Å². The summed E-state index contributed by atoms with van der Waals surface area (Å²) in [6, 6.07) is 7.24. The minimum atomic E-state index is -0.685. The molecule has 0 aromatic heterocycles. The Kier molecular flexibility index (Phi) is 5.97. The predicted octanol–water partition coefficient (Wildman–Crippen LogP) is 1.74. The van der Waals surface area contributed by atoms with Gasteiger partial charge in [0.25, 0.3) is 0 Å². The van der Waals surface area contributed by atoms with Gasteiger partial charge in [0.2, 0.25) is 0 Å². The molecule has 0 bridgehead atoms. The third-order valence-electron chi connectivity index (χ3n) is 2.31. The van der Waals surface area contributed by atoms with Crippen molar-refractivity contribution in [2.75, 3.05) is 25.6 Å². The van der Waals surface area contributed by atoms with E-state index in [1.807, 2.05) is 26.0 Å². The summed E-state index contributed by atoms with van der Waals surface area (Å²) in [5.41, 5.74) is 7.04. The van der Waals surface area contributed by atoms with Gasteiger partial charge in [0.15, 0.2) is 0 Å². The Balaban J connectivity index is 2.26. The van der Waals surface area contributed by atoms with Crippen molar-refractivity contribution >= 4 is 5.69 Å². The van der Waals surface area contributed by atoms with Crippen LogP contribution >= 0.6 is 0 Å². The molecule has 1 rings (SSSR count). The van der Waals surface area contributed by atoms with Gasteiger partial charge >= 0.3 is 0 Å². The van der Waals surface area contributed by atoms with E-state index >= 15 is 0 Å². The first-order valence-electron chi connectivity index (χ1n) is 5.83. The lowest BCUT2D eigenvalue weighted by molar-refractivity contribution is -0.0109. The van der Waals surface area contributed by atoms with Gasteiger partial charge in [0.05, 0.1) is 25.9 Å². The average molecular weight is 239 g/mol. The summed E-state index contributed by atoms with van der Waals surface area (Å²) >= 11 is 0. The van der Waals surface area contributed by atoms with Gasteiger partial charge in [-0.25, -0.2) is 0 Å². The Morgan fingerprint density at radius 1 is 1.24 bits per heavy atom. The van der Waals surface area contributed by atoms with Crippen molar-refractivity contribution in [2.45, 2.75) is 26.1 Å². The summed E-state index contributed by atoms with van der Waals surface area (Å²) in [7, 11) is 0. The summed E-state index contributed by atoms with van der Waals surface area (Å²) in [6.07, 6.45) is -0.483. The monoisotopic (exact) mass is 239 g/mol. The Morgan fingerprint density at radius 3 is 2.59 bits per heavy atom. The highest BCUT2D eigenvalue weighted by Crippen LogP contribution is 2.19. The molecule has 0 saturated heterocycles. The van der Waals surface area contributed by atoms with Crippen molar-refractivity contribution in [1.29, 1.82) is 0 Å². The molecule has 0 saturated carbocycles. The molecule has 0 aliphatic carbocycles. The number of aliphatic hydroxyl groups excluding tert-OH is 1. The Hall–Kier alpha value is -1.10. The quantitative estimate of drug-likeness (QED) is 0.562. The normalized spacial score (nSPS) is 12.9. The third kappa shape index (κ3) is 5.17. The van der Waals surface area contributed by atoms with Crippen LogP contribution < -0.4 is 5.73 Å². The molecule has 0 heterocycles. The smallest absolute Gasteiger partial charge is 0.104 e. The van der Waals surface area contributed by atoms with E-state index in [4.69, 9.17) is 15.2 Å². The number of hydrogen-bond donors (Lipinski definition) is 2. The van der Waals surface area contributed by atoms with Crippen molar-refractivity contribution in [3.63, 3.8) is 0 Å². The second-order valence-electron chi connectivity index (χ2n) is 4.14. The van der Waals surface area contributed by atoms with Crippen LogP contribution in [0.1, 0.15) is 25.5 Å². The molecular weight excluding hydrogens is 218 g/mol. The van der Waals surface area contributed by atoms with Crippen LogP contribution in [-0.4, -0.2) is 31.0 Å². The predicted molar refractivity (Wildman–Crippen MR) is 67.7 cm³/mol. The summed E-state index contributed by atoms with van der Waals surface area (Å²) in [5, 5.41) is 9.86. The van der Waals surface area contributed by atoms with Crippen LogP contribution in [0.3, 0.4) is 0 Å². The summed E-state index contributed by atoms with van der Waals surface area (Å²) in [6.45, 7) is 5.19. The average Bonchev–Trinajstić information content (AvgIpc) is 2.28. The maximum atomic E-state index is 9.86. The molecule has 4 heteroatoms. The van der Waals surface area contributed by atoms with Gasteiger partial charge in [0, 0.05) is 11.3 Å². The highest BCUT2D eigenvalue weighted by Gasteiger charge is 2.10. The molecule has 0 spiro atoms. The van der Waals surface area contributed by atoms with Crippen molar-refractivity contribution in [1.82, 2.24) is 0 Å². The van der Waals surface area contributed by atoms with Gasteiger partial charge in [-0.15, -0.1) is 0 Å². The standard InChI is InChI=1S/C13H21NO3/c1-10(2)17-8-7-16-9-13(15)11-5-3-4-6-12(11)14/h3-6,10,13,15H,7-9,14H2,1-2H3. The fourth-order valence-corrected chi connectivity index (χ4v) is 1.44. The SMILES string of the molecule is CC(C)OCCOCC(O)c1ccccc1N. The first kappa shape index (κ1) is 14.0. The second kappa shape index (κ2) is 7.27. The van der Waals surface area contributed by atoms with Gasteiger partial charge in [-0.05, 0) is 19.9 Å². The molecule has 0 aliphatic heterocycles. The number of ether oxygens (including phenoxy) is 2. The first-order valence-corrected chi connectivity index (χ1v) is 5.83. The number of nitrogens with two attached hydrogens (primary N) is 1. The molecule has 96 valence electrons. The lowest BCUT2D eigenvalue weighted by Gasteiger charge is -2.14. The van der Waals surface area contributed by atoms with Gasteiger partial charge in [0.1, 0.15) is 6.10 Å². The zero-order valence-corrected chi connectivity index (χ0v) is 10.4. The van der Waals surface area contributed by atoms with E-state index in [1.54, 1.807) is 12.1 Å². The molecule has 1 unspecified atom stereocenters. The number of benzene rings is 1. The second-order valence-corrected chi connectivity index (χ2v) is 4.14. The van der Waals surface area contributed by atoms with Crippen molar-refractivity contribution in [3.05, 3.63) is 29.8 Å². The highest BCUT2D eigenvalue weighted by molar-refractivity contribution is 5.47. The van der Waals surface area contributed by atoms with Crippen molar-refractivity contribution < 1.29 is 14.6 Å². The zero-order chi connectivity index (χ0) is 12.7. The molecule has 3 N–H and O–H groups in total. The van der Waals surface area contributed by atoms with E-state index in [1.165, 1.54) is 0 Å². The molecular formula is C13H21NO3. The van der Waals surface area contributed by atoms with Gasteiger partial charge in [-0.1, -0.05) is 18.2 Å². The highest BCUT2D eigenvalue weighted by atomic mass is 16.5. The zero-order valence-electron chi connectivity index (χ0n) is 10.4. The van der Waals surface area contributed by atoms with Crippen LogP contribution in [0, 0.1) is 0 Å². The van der Waals surface area contributed by atoms with Crippen LogP contribution in [0.2, 0.25) is 0 Å². The molecule has 0 aliphatic rings. The van der Waals surface area contributed by atoms with E-state index in [9.17, 15) is 5.11 Å². The lowest BCUT2D eigenvalue weighted by atomic mass is 10.1. The van der Waals surface area contributed by atoms with Crippen LogP contribution in [0.4, 0.5) is 5.69 Å². The van der Waals surface area contributed by atoms with E-state index in [0.29, 0.717) is 24.5 Å². The molecule has 0 radical (unpaired) electrons. The summed E-state index contributed by atoms with van der Waals surface area (Å²) in [4.78, 5) is 0. The Bertz CT molecular complexity index is 328.